The van der Waals surface area contributed by atoms with E-state index in [1.807, 2.05) is 38.1 Å². The Bertz CT molecular complexity index is 1540. The standard InChI is InChI=1S/C30H36F3N9O2/c1-6-24(43)36-20-16-21(27(44-18-30(31,32)33)39-26(20)41(5)15-14-40(3)4)37-28-34-13-10-23(38-28)42-17-29(11-7-12-29)25-22(42)9-8-19(2)35-25/h6,8-10,13,16H,1,7,11-12,14-15,17-18H2,2-5H3,(H,36,43)(H,34,37,38). The Hall–Kier alpha value is -4.46. The van der Waals surface area contributed by atoms with Crippen molar-refractivity contribution in [1.29, 1.82) is 0 Å². The van der Waals surface area contributed by atoms with Gasteiger partial charge in [-0.05, 0) is 64.2 Å². The highest BCUT2D eigenvalue weighted by Gasteiger charge is 2.49. The number of pyridine rings is 2. The van der Waals surface area contributed by atoms with Crippen molar-refractivity contribution in [1.82, 2.24) is 24.8 Å². The van der Waals surface area contributed by atoms with Crippen LogP contribution >= 0.6 is 0 Å². The summed E-state index contributed by atoms with van der Waals surface area (Å²) in [4.78, 5) is 36.4. The quantitative estimate of drug-likeness (QED) is 0.289. The zero-order chi connectivity index (χ0) is 31.6. The van der Waals surface area contributed by atoms with Gasteiger partial charge in [-0.3, -0.25) is 9.78 Å². The van der Waals surface area contributed by atoms with E-state index in [-0.39, 0.29) is 34.4 Å². The SMILES string of the molecule is C=CC(=O)Nc1cc(Nc2nccc(N3CC4(CCC4)c4nc(C)ccc43)n2)c(OCC(F)(F)F)nc1N(C)CCN(C)C. The minimum Gasteiger partial charge on any atom is -0.466 e. The zero-order valence-electron chi connectivity index (χ0n) is 25.2. The van der Waals surface area contributed by atoms with Gasteiger partial charge in [-0.15, -0.1) is 0 Å². The van der Waals surface area contributed by atoms with Gasteiger partial charge in [0.05, 0.1) is 17.1 Å². The largest absolute Gasteiger partial charge is 0.466 e. The van der Waals surface area contributed by atoms with Crippen LogP contribution in [0, 0.1) is 6.92 Å². The second kappa shape index (κ2) is 12.3. The lowest BCUT2D eigenvalue weighted by atomic mass is 9.67. The molecular weight excluding hydrogens is 575 g/mol. The molecule has 4 heterocycles. The van der Waals surface area contributed by atoms with Crippen LogP contribution in [0.3, 0.4) is 0 Å². The lowest BCUT2D eigenvalue weighted by Gasteiger charge is -2.38. The van der Waals surface area contributed by atoms with Crippen molar-refractivity contribution < 1.29 is 22.7 Å². The van der Waals surface area contributed by atoms with Crippen molar-refractivity contribution in [2.45, 2.75) is 37.8 Å². The summed E-state index contributed by atoms with van der Waals surface area (Å²) in [5, 5.41) is 5.68. The van der Waals surface area contributed by atoms with Crippen LogP contribution in [0.25, 0.3) is 0 Å². The van der Waals surface area contributed by atoms with Crippen LogP contribution in [0.15, 0.2) is 43.1 Å². The summed E-state index contributed by atoms with van der Waals surface area (Å²) in [5.74, 6) is 0.126. The summed E-state index contributed by atoms with van der Waals surface area (Å²) in [7, 11) is 5.51. The molecule has 3 aromatic rings. The number of nitrogens with one attached hydrogen (secondary N) is 2. The van der Waals surface area contributed by atoms with Crippen molar-refractivity contribution >= 4 is 40.6 Å². The summed E-state index contributed by atoms with van der Waals surface area (Å²) < 4.78 is 44.9. The zero-order valence-corrected chi connectivity index (χ0v) is 25.2. The number of likely N-dealkylation sites (N-methyl/N-ethyl adjacent to an activating group) is 2. The molecule has 14 heteroatoms. The molecule has 234 valence electrons. The Morgan fingerprint density at radius 3 is 2.57 bits per heavy atom. The minimum atomic E-state index is -4.60. The lowest BCUT2D eigenvalue weighted by Crippen LogP contribution is -2.38. The van der Waals surface area contributed by atoms with Gasteiger partial charge in [0.2, 0.25) is 17.7 Å². The van der Waals surface area contributed by atoms with E-state index in [0.717, 1.165) is 49.0 Å². The molecule has 11 nitrogen and oxygen atoms in total. The molecule has 44 heavy (non-hydrogen) atoms. The van der Waals surface area contributed by atoms with E-state index in [4.69, 9.17) is 14.7 Å². The number of carbonyl (C=O) groups is 1. The number of halogens is 3. The van der Waals surface area contributed by atoms with Gasteiger partial charge in [-0.25, -0.2) is 4.98 Å². The molecule has 1 fully saturated rings. The van der Waals surface area contributed by atoms with E-state index in [9.17, 15) is 18.0 Å². The highest BCUT2D eigenvalue weighted by Crippen LogP contribution is 2.53. The number of aryl methyl sites for hydroxylation is 1. The molecule has 5 rings (SSSR count). The molecule has 2 N–H and O–H groups in total. The highest BCUT2D eigenvalue weighted by atomic mass is 19.4. The van der Waals surface area contributed by atoms with Gasteiger partial charge in [-0.1, -0.05) is 13.0 Å². The number of rotatable bonds is 11. The average Bonchev–Trinajstić information content (AvgIpc) is 3.30. The summed E-state index contributed by atoms with van der Waals surface area (Å²) in [6, 6.07) is 7.26. The van der Waals surface area contributed by atoms with E-state index in [1.165, 1.54) is 6.07 Å². The van der Waals surface area contributed by atoms with Crippen molar-refractivity contribution in [3.63, 3.8) is 0 Å². The first-order chi connectivity index (χ1) is 20.9. The van der Waals surface area contributed by atoms with Crippen LogP contribution < -0.4 is 25.2 Å². The van der Waals surface area contributed by atoms with Crippen molar-refractivity contribution in [3.05, 3.63) is 54.5 Å². The predicted molar refractivity (Wildman–Crippen MR) is 163 cm³/mol. The van der Waals surface area contributed by atoms with Crippen LogP contribution in [0.5, 0.6) is 5.88 Å². The maximum Gasteiger partial charge on any atom is 0.422 e. The van der Waals surface area contributed by atoms with Gasteiger partial charge >= 0.3 is 6.18 Å². The van der Waals surface area contributed by atoms with E-state index >= 15 is 0 Å². The summed E-state index contributed by atoms with van der Waals surface area (Å²) in [6.45, 7) is 5.74. The second-order valence-electron chi connectivity index (χ2n) is 11.4. The third-order valence-electron chi connectivity index (χ3n) is 7.77. The fraction of sp³-hybridized carbons (Fsp3) is 0.433. The van der Waals surface area contributed by atoms with Crippen LogP contribution in [0.4, 0.5) is 47.8 Å². The van der Waals surface area contributed by atoms with Crippen LogP contribution in [-0.2, 0) is 10.2 Å². The van der Waals surface area contributed by atoms with Crippen molar-refractivity contribution in [3.8, 4) is 5.88 Å². The van der Waals surface area contributed by atoms with Gasteiger partial charge < -0.3 is 30.1 Å². The van der Waals surface area contributed by atoms with Crippen molar-refractivity contribution in [2.24, 2.45) is 0 Å². The van der Waals surface area contributed by atoms with E-state index in [2.05, 4.69) is 32.1 Å². The summed E-state index contributed by atoms with van der Waals surface area (Å²) >= 11 is 0. The molecule has 0 aromatic carbocycles. The number of fused-ring (bicyclic) bond motifs is 2. The minimum absolute atomic E-state index is 0.0187. The molecule has 1 spiro atoms. The molecule has 1 saturated carbocycles. The molecule has 1 aliphatic carbocycles. The summed E-state index contributed by atoms with van der Waals surface area (Å²) in [6.07, 6.45) is 1.29. The van der Waals surface area contributed by atoms with Crippen molar-refractivity contribution in [2.75, 3.05) is 67.8 Å². The number of hydrogen-bond donors (Lipinski definition) is 2. The van der Waals surface area contributed by atoms with Gasteiger partial charge in [0, 0.05) is 44.0 Å². The monoisotopic (exact) mass is 611 g/mol. The Kier molecular flexibility index (Phi) is 8.64. The normalized spacial score (nSPS) is 15.1. The number of carbonyl (C=O) groups excluding carboxylic acids is 1. The Morgan fingerprint density at radius 1 is 1.14 bits per heavy atom. The second-order valence-corrected chi connectivity index (χ2v) is 11.4. The lowest BCUT2D eigenvalue weighted by molar-refractivity contribution is -0.153. The molecule has 0 bridgehead atoms. The Morgan fingerprint density at radius 2 is 1.91 bits per heavy atom. The van der Waals surface area contributed by atoms with Gasteiger partial charge in [0.25, 0.3) is 0 Å². The summed E-state index contributed by atoms with van der Waals surface area (Å²) in [5.41, 5.74) is 3.28. The number of amides is 1. The van der Waals surface area contributed by atoms with Gasteiger partial charge in [0.15, 0.2) is 12.4 Å². The fourth-order valence-corrected chi connectivity index (χ4v) is 5.36. The molecule has 0 atom stereocenters. The molecule has 0 unspecified atom stereocenters. The molecule has 0 radical (unpaired) electrons. The Labute approximate surface area is 254 Å². The maximum atomic E-state index is 13.2. The molecule has 1 amide bonds. The topological polar surface area (TPSA) is 112 Å². The highest BCUT2D eigenvalue weighted by molar-refractivity contribution is 6.01. The number of hydrogen-bond acceptors (Lipinski definition) is 10. The number of alkyl halides is 3. The van der Waals surface area contributed by atoms with E-state index < -0.39 is 18.7 Å². The molecular formula is C30H36F3N9O2. The number of ether oxygens (including phenoxy) is 1. The van der Waals surface area contributed by atoms with Crippen LogP contribution in [0.1, 0.15) is 30.7 Å². The third kappa shape index (κ3) is 6.69. The number of nitrogens with zero attached hydrogens (tertiary/aromatic N) is 7. The molecule has 0 saturated heterocycles. The predicted octanol–water partition coefficient (Wildman–Crippen LogP) is 4.96. The van der Waals surface area contributed by atoms with Gasteiger partial charge in [-0.2, -0.15) is 23.1 Å². The average molecular weight is 612 g/mol. The van der Waals surface area contributed by atoms with E-state index in [0.29, 0.717) is 18.9 Å². The van der Waals surface area contributed by atoms with E-state index in [1.54, 1.807) is 24.2 Å². The number of anilines is 6. The molecule has 1 aliphatic heterocycles. The first-order valence-corrected chi connectivity index (χ1v) is 14.3. The molecule has 2 aliphatic rings. The first kappa shape index (κ1) is 31.0. The van der Waals surface area contributed by atoms with Gasteiger partial charge in [0.1, 0.15) is 11.5 Å². The first-order valence-electron chi connectivity index (χ1n) is 14.3. The third-order valence-corrected chi connectivity index (χ3v) is 7.77. The van der Waals surface area contributed by atoms with Crippen LogP contribution in [0.2, 0.25) is 0 Å². The maximum absolute atomic E-state index is 13.2. The smallest absolute Gasteiger partial charge is 0.422 e. The van der Waals surface area contributed by atoms with Crippen LogP contribution in [-0.4, -0.2) is 84.3 Å². The number of aromatic nitrogens is 4. The fourth-order valence-electron chi connectivity index (χ4n) is 5.36. The Balaban J connectivity index is 1.51. The molecule has 3 aromatic heterocycles.